The summed E-state index contributed by atoms with van der Waals surface area (Å²) in [5, 5.41) is 1.22. The van der Waals surface area contributed by atoms with E-state index in [0.29, 0.717) is 6.04 Å². The van der Waals surface area contributed by atoms with Gasteiger partial charge in [-0.25, -0.2) is 0 Å². The third-order valence-electron chi connectivity index (χ3n) is 4.30. The fourth-order valence-electron chi connectivity index (χ4n) is 3.25. The second-order valence-corrected chi connectivity index (χ2v) is 5.93. The van der Waals surface area contributed by atoms with Gasteiger partial charge in [-0.3, -0.25) is 9.88 Å². The minimum atomic E-state index is 0. The smallest absolute Gasteiger partial charge is 0.0702 e. The molecule has 2 N–H and O–H groups in total. The van der Waals surface area contributed by atoms with E-state index in [1.165, 1.54) is 30.2 Å². The number of benzene rings is 1. The van der Waals surface area contributed by atoms with Crippen molar-refractivity contribution in [2.75, 3.05) is 6.54 Å². The van der Waals surface area contributed by atoms with Crippen LogP contribution in [0.2, 0.25) is 0 Å². The summed E-state index contributed by atoms with van der Waals surface area (Å²) in [5.74, 6) is 0. The molecule has 4 heteroatoms. The van der Waals surface area contributed by atoms with Crippen molar-refractivity contribution < 1.29 is 0 Å². The standard InChI is InChI=1S/C17H23N3.ClH/c1-13(18)17-8-4-5-9-20(17)12-14-10-15-6-2-3-7-16(15)19-11-14;/h2-3,6-7,10-11,13,17H,4-5,8-9,12,18H2,1H3;1H. The summed E-state index contributed by atoms with van der Waals surface area (Å²) < 4.78 is 0. The van der Waals surface area contributed by atoms with Gasteiger partial charge in [-0.05, 0) is 44.0 Å². The highest BCUT2D eigenvalue weighted by Crippen LogP contribution is 2.22. The van der Waals surface area contributed by atoms with Crippen LogP contribution in [0.25, 0.3) is 10.9 Å². The summed E-state index contributed by atoms with van der Waals surface area (Å²) in [6.45, 7) is 4.24. The summed E-state index contributed by atoms with van der Waals surface area (Å²) in [7, 11) is 0. The van der Waals surface area contributed by atoms with E-state index in [1.807, 2.05) is 12.3 Å². The number of halogens is 1. The number of nitrogens with two attached hydrogens (primary N) is 1. The van der Waals surface area contributed by atoms with Crippen LogP contribution in [0.5, 0.6) is 0 Å². The van der Waals surface area contributed by atoms with Gasteiger partial charge >= 0.3 is 0 Å². The van der Waals surface area contributed by atoms with Crippen LogP contribution in [-0.4, -0.2) is 28.5 Å². The van der Waals surface area contributed by atoms with E-state index in [1.54, 1.807) is 0 Å². The molecule has 0 radical (unpaired) electrons. The van der Waals surface area contributed by atoms with Crippen molar-refractivity contribution >= 4 is 23.3 Å². The molecule has 0 amide bonds. The molecule has 114 valence electrons. The van der Waals surface area contributed by atoms with Crippen LogP contribution < -0.4 is 5.73 Å². The number of piperidine rings is 1. The van der Waals surface area contributed by atoms with Crippen LogP contribution in [0.4, 0.5) is 0 Å². The molecule has 3 rings (SSSR count). The predicted molar refractivity (Wildman–Crippen MR) is 90.7 cm³/mol. The molecular weight excluding hydrogens is 282 g/mol. The van der Waals surface area contributed by atoms with Gasteiger partial charge in [0.1, 0.15) is 0 Å². The lowest BCUT2D eigenvalue weighted by Crippen LogP contribution is -2.48. The van der Waals surface area contributed by atoms with Crippen LogP contribution in [0.1, 0.15) is 31.7 Å². The number of para-hydroxylation sites is 1. The highest BCUT2D eigenvalue weighted by molar-refractivity contribution is 5.85. The molecule has 1 aromatic heterocycles. The second kappa shape index (κ2) is 7.21. The Labute approximate surface area is 132 Å². The van der Waals surface area contributed by atoms with E-state index in [0.717, 1.165) is 18.6 Å². The minimum Gasteiger partial charge on any atom is -0.327 e. The number of rotatable bonds is 3. The van der Waals surface area contributed by atoms with Crippen LogP contribution in [0, 0.1) is 0 Å². The van der Waals surface area contributed by atoms with Crippen LogP contribution in [0.15, 0.2) is 36.5 Å². The molecule has 1 aliphatic heterocycles. The fraction of sp³-hybridized carbons (Fsp3) is 0.471. The lowest BCUT2D eigenvalue weighted by molar-refractivity contribution is 0.123. The molecule has 0 saturated carbocycles. The molecule has 1 aliphatic rings. The minimum absolute atomic E-state index is 0. The Balaban J connectivity index is 0.00000161. The number of hydrogen-bond acceptors (Lipinski definition) is 3. The molecule has 2 atom stereocenters. The number of hydrogen-bond donors (Lipinski definition) is 1. The van der Waals surface area contributed by atoms with Gasteiger partial charge in [-0.2, -0.15) is 0 Å². The SMILES string of the molecule is CC(N)C1CCCCN1Cc1cnc2ccccc2c1.Cl. The fourth-order valence-corrected chi connectivity index (χ4v) is 3.25. The van der Waals surface area contributed by atoms with Crippen molar-refractivity contribution in [3.8, 4) is 0 Å². The third-order valence-corrected chi connectivity index (χ3v) is 4.30. The van der Waals surface area contributed by atoms with Crippen LogP contribution >= 0.6 is 12.4 Å². The molecule has 3 nitrogen and oxygen atoms in total. The Morgan fingerprint density at radius 3 is 2.95 bits per heavy atom. The predicted octanol–water partition coefficient (Wildman–Crippen LogP) is 3.36. The summed E-state index contributed by atoms with van der Waals surface area (Å²) in [6, 6.07) is 11.3. The normalized spacial score (nSPS) is 21.0. The Morgan fingerprint density at radius 2 is 2.14 bits per heavy atom. The van der Waals surface area contributed by atoms with Gasteiger partial charge in [-0.1, -0.05) is 24.6 Å². The van der Waals surface area contributed by atoms with Gasteiger partial charge in [0.25, 0.3) is 0 Å². The third kappa shape index (κ3) is 3.73. The van der Waals surface area contributed by atoms with E-state index in [2.05, 4.69) is 41.1 Å². The topological polar surface area (TPSA) is 42.1 Å². The van der Waals surface area contributed by atoms with Crippen molar-refractivity contribution in [2.24, 2.45) is 5.73 Å². The van der Waals surface area contributed by atoms with E-state index in [-0.39, 0.29) is 18.4 Å². The highest BCUT2D eigenvalue weighted by atomic mass is 35.5. The number of aromatic nitrogens is 1. The Kier molecular flexibility index (Phi) is 5.57. The molecule has 1 fully saturated rings. The van der Waals surface area contributed by atoms with Crippen molar-refractivity contribution in [3.63, 3.8) is 0 Å². The van der Waals surface area contributed by atoms with Gasteiger partial charge in [0.15, 0.2) is 0 Å². The molecule has 0 bridgehead atoms. The first kappa shape index (κ1) is 16.2. The Bertz CT molecular complexity index is 585. The molecule has 2 heterocycles. The Morgan fingerprint density at radius 1 is 1.33 bits per heavy atom. The molecule has 2 unspecified atom stereocenters. The van der Waals surface area contributed by atoms with Crippen molar-refractivity contribution in [1.29, 1.82) is 0 Å². The zero-order valence-electron chi connectivity index (χ0n) is 12.5. The van der Waals surface area contributed by atoms with Gasteiger partial charge in [0, 0.05) is 30.2 Å². The molecule has 0 spiro atoms. The van der Waals surface area contributed by atoms with E-state index >= 15 is 0 Å². The number of fused-ring (bicyclic) bond motifs is 1. The molecular formula is C17H24ClN3. The van der Waals surface area contributed by atoms with Gasteiger partial charge in [0.2, 0.25) is 0 Å². The quantitative estimate of drug-likeness (QED) is 0.945. The molecule has 1 aromatic carbocycles. The van der Waals surface area contributed by atoms with Gasteiger partial charge in [-0.15, -0.1) is 12.4 Å². The monoisotopic (exact) mass is 305 g/mol. The van der Waals surface area contributed by atoms with Crippen molar-refractivity contribution in [2.45, 2.75) is 44.8 Å². The summed E-state index contributed by atoms with van der Waals surface area (Å²) in [5.41, 5.74) is 8.50. The molecule has 21 heavy (non-hydrogen) atoms. The molecule has 2 aromatic rings. The average molecular weight is 306 g/mol. The first-order valence-electron chi connectivity index (χ1n) is 7.57. The lowest BCUT2D eigenvalue weighted by atomic mass is 9.96. The summed E-state index contributed by atoms with van der Waals surface area (Å²) in [6.07, 6.45) is 5.82. The largest absolute Gasteiger partial charge is 0.327 e. The Hall–Kier alpha value is -1.16. The molecule has 1 saturated heterocycles. The van der Waals surface area contributed by atoms with Crippen molar-refractivity contribution in [1.82, 2.24) is 9.88 Å². The highest BCUT2D eigenvalue weighted by Gasteiger charge is 2.25. The average Bonchev–Trinajstić information content (AvgIpc) is 2.47. The summed E-state index contributed by atoms with van der Waals surface area (Å²) >= 11 is 0. The first-order chi connectivity index (χ1) is 9.74. The number of likely N-dealkylation sites (tertiary alicyclic amines) is 1. The molecule has 0 aliphatic carbocycles. The van der Waals surface area contributed by atoms with Gasteiger partial charge < -0.3 is 5.73 Å². The first-order valence-corrected chi connectivity index (χ1v) is 7.57. The summed E-state index contributed by atoms with van der Waals surface area (Å²) in [4.78, 5) is 7.09. The maximum Gasteiger partial charge on any atom is 0.0702 e. The van der Waals surface area contributed by atoms with E-state index < -0.39 is 0 Å². The van der Waals surface area contributed by atoms with Gasteiger partial charge in [0.05, 0.1) is 5.52 Å². The zero-order chi connectivity index (χ0) is 13.9. The maximum absolute atomic E-state index is 6.14. The van der Waals surface area contributed by atoms with Crippen molar-refractivity contribution in [3.05, 3.63) is 42.1 Å². The number of nitrogens with zero attached hydrogens (tertiary/aromatic N) is 2. The van der Waals surface area contributed by atoms with Crippen LogP contribution in [0.3, 0.4) is 0 Å². The maximum atomic E-state index is 6.14. The van der Waals surface area contributed by atoms with E-state index in [4.69, 9.17) is 5.73 Å². The lowest BCUT2D eigenvalue weighted by Gasteiger charge is -2.38. The number of pyridine rings is 1. The second-order valence-electron chi connectivity index (χ2n) is 5.93. The van der Waals surface area contributed by atoms with E-state index in [9.17, 15) is 0 Å². The van der Waals surface area contributed by atoms with Crippen LogP contribution in [-0.2, 0) is 6.54 Å². The zero-order valence-corrected chi connectivity index (χ0v) is 13.4.